The van der Waals surface area contributed by atoms with Gasteiger partial charge in [0.1, 0.15) is 4.83 Å². The number of thiazole rings is 1. The Bertz CT molecular complexity index is 743. The molecule has 3 rings (SSSR count). The first-order valence-corrected chi connectivity index (χ1v) is 8.19. The van der Waals surface area contributed by atoms with Crippen LogP contribution < -0.4 is 0 Å². The van der Waals surface area contributed by atoms with E-state index >= 15 is 0 Å². The van der Waals surface area contributed by atoms with Crippen molar-refractivity contribution < 1.29 is 9.90 Å². The molecule has 7 heteroatoms. The molecular formula is C13H15N3O2S2. The molecule has 3 aromatic heterocycles. The molecule has 0 aliphatic carbocycles. The van der Waals surface area contributed by atoms with E-state index in [9.17, 15) is 4.79 Å². The first-order valence-electron chi connectivity index (χ1n) is 6.49. The predicted octanol–water partition coefficient (Wildman–Crippen LogP) is 2.46. The maximum absolute atomic E-state index is 12.4. The smallest absolute Gasteiger partial charge is 0.264 e. The van der Waals surface area contributed by atoms with Crippen LogP contribution in [0.4, 0.5) is 0 Å². The van der Waals surface area contributed by atoms with E-state index in [0.29, 0.717) is 24.4 Å². The molecule has 0 aliphatic rings. The minimum Gasteiger partial charge on any atom is -0.396 e. The van der Waals surface area contributed by atoms with Crippen LogP contribution in [0.2, 0.25) is 0 Å². The van der Waals surface area contributed by atoms with Gasteiger partial charge >= 0.3 is 0 Å². The number of amides is 1. The molecule has 1 amide bonds. The SMILES string of the molecule is CCN(CCCO)C(=O)c1cc2c(nc3sccn32)s1. The summed E-state index contributed by atoms with van der Waals surface area (Å²) in [6, 6.07) is 1.91. The van der Waals surface area contributed by atoms with Crippen LogP contribution in [0.3, 0.4) is 0 Å². The summed E-state index contributed by atoms with van der Waals surface area (Å²) in [4.78, 5) is 21.3. The van der Waals surface area contributed by atoms with Crippen molar-refractivity contribution in [2.24, 2.45) is 0 Å². The summed E-state index contributed by atoms with van der Waals surface area (Å²) in [5, 5.41) is 10.9. The summed E-state index contributed by atoms with van der Waals surface area (Å²) in [6.07, 6.45) is 2.58. The van der Waals surface area contributed by atoms with Gasteiger partial charge in [-0.3, -0.25) is 9.20 Å². The zero-order valence-electron chi connectivity index (χ0n) is 11.1. The lowest BCUT2D eigenvalue weighted by Crippen LogP contribution is -2.31. The first kappa shape index (κ1) is 13.5. The van der Waals surface area contributed by atoms with Crippen LogP contribution in [0.5, 0.6) is 0 Å². The summed E-state index contributed by atoms with van der Waals surface area (Å²) in [6.45, 7) is 3.29. The van der Waals surface area contributed by atoms with Gasteiger partial charge in [0, 0.05) is 31.3 Å². The second-order valence-corrected chi connectivity index (χ2v) is 6.33. The number of carbonyl (C=O) groups is 1. The third kappa shape index (κ3) is 2.21. The molecule has 0 saturated heterocycles. The Hall–Kier alpha value is -1.44. The highest BCUT2D eigenvalue weighted by Crippen LogP contribution is 2.28. The lowest BCUT2D eigenvalue weighted by Gasteiger charge is -2.19. The molecule has 0 aromatic carbocycles. The number of hydrogen-bond donors (Lipinski definition) is 1. The van der Waals surface area contributed by atoms with Crippen molar-refractivity contribution in [1.29, 1.82) is 0 Å². The number of hydrogen-bond acceptors (Lipinski definition) is 5. The maximum atomic E-state index is 12.4. The summed E-state index contributed by atoms with van der Waals surface area (Å²) in [5.74, 6) is 0.0212. The van der Waals surface area contributed by atoms with E-state index in [1.165, 1.54) is 11.3 Å². The van der Waals surface area contributed by atoms with Crippen LogP contribution in [0.15, 0.2) is 17.6 Å². The van der Waals surface area contributed by atoms with Gasteiger partial charge in [0.05, 0.1) is 10.4 Å². The molecule has 20 heavy (non-hydrogen) atoms. The van der Waals surface area contributed by atoms with E-state index in [0.717, 1.165) is 15.3 Å². The van der Waals surface area contributed by atoms with E-state index < -0.39 is 0 Å². The van der Waals surface area contributed by atoms with E-state index in [1.807, 2.05) is 29.0 Å². The Balaban J connectivity index is 1.92. The van der Waals surface area contributed by atoms with Crippen LogP contribution in [-0.4, -0.2) is 45.0 Å². The van der Waals surface area contributed by atoms with Gasteiger partial charge in [-0.05, 0) is 19.4 Å². The molecule has 0 radical (unpaired) electrons. The van der Waals surface area contributed by atoms with E-state index in [2.05, 4.69) is 4.98 Å². The van der Waals surface area contributed by atoms with Crippen molar-refractivity contribution in [3.63, 3.8) is 0 Å². The molecule has 0 bridgehead atoms. The molecule has 0 spiro atoms. The highest BCUT2D eigenvalue weighted by Gasteiger charge is 2.19. The summed E-state index contributed by atoms with van der Waals surface area (Å²) in [5.41, 5.74) is 0.993. The zero-order valence-corrected chi connectivity index (χ0v) is 12.7. The lowest BCUT2D eigenvalue weighted by atomic mass is 10.3. The fourth-order valence-electron chi connectivity index (χ4n) is 2.17. The van der Waals surface area contributed by atoms with Crippen LogP contribution >= 0.6 is 22.7 Å². The summed E-state index contributed by atoms with van der Waals surface area (Å²) in [7, 11) is 0. The average Bonchev–Trinajstić information content (AvgIpc) is 3.10. The largest absolute Gasteiger partial charge is 0.396 e. The molecule has 0 unspecified atom stereocenters. The van der Waals surface area contributed by atoms with Crippen molar-refractivity contribution in [2.75, 3.05) is 19.7 Å². The number of aromatic nitrogens is 2. The number of thiophene rings is 1. The summed E-state index contributed by atoms with van der Waals surface area (Å²) < 4.78 is 2.01. The quantitative estimate of drug-likeness (QED) is 0.787. The third-order valence-corrected chi connectivity index (χ3v) is 4.97. The maximum Gasteiger partial charge on any atom is 0.264 e. The Morgan fingerprint density at radius 2 is 2.40 bits per heavy atom. The minimum absolute atomic E-state index is 0.0212. The number of rotatable bonds is 5. The van der Waals surface area contributed by atoms with Crippen LogP contribution in [0, 0.1) is 0 Å². The van der Waals surface area contributed by atoms with Gasteiger partial charge in [-0.15, -0.1) is 22.7 Å². The van der Waals surface area contributed by atoms with Gasteiger partial charge in [-0.25, -0.2) is 4.98 Å². The monoisotopic (exact) mass is 309 g/mol. The third-order valence-electron chi connectivity index (χ3n) is 3.21. The molecule has 106 valence electrons. The first-order chi connectivity index (χ1) is 9.74. The molecular weight excluding hydrogens is 294 g/mol. The van der Waals surface area contributed by atoms with Gasteiger partial charge in [-0.2, -0.15) is 0 Å². The van der Waals surface area contributed by atoms with Gasteiger partial charge in [0.15, 0.2) is 4.96 Å². The second kappa shape index (κ2) is 5.51. The molecule has 1 N–H and O–H groups in total. The van der Waals surface area contributed by atoms with E-state index in [1.54, 1.807) is 16.2 Å². The van der Waals surface area contributed by atoms with Crippen molar-refractivity contribution in [3.05, 3.63) is 22.5 Å². The van der Waals surface area contributed by atoms with Gasteiger partial charge in [0.25, 0.3) is 5.91 Å². The number of carbonyl (C=O) groups excluding carboxylic acids is 1. The zero-order chi connectivity index (χ0) is 14.1. The van der Waals surface area contributed by atoms with E-state index in [-0.39, 0.29) is 12.5 Å². The number of aliphatic hydroxyl groups is 1. The average molecular weight is 309 g/mol. The predicted molar refractivity (Wildman–Crippen MR) is 81.7 cm³/mol. The number of fused-ring (bicyclic) bond motifs is 3. The topological polar surface area (TPSA) is 57.8 Å². The number of imidazole rings is 1. The molecule has 3 aromatic rings. The van der Waals surface area contributed by atoms with Crippen molar-refractivity contribution in [1.82, 2.24) is 14.3 Å². The molecule has 0 fully saturated rings. The highest BCUT2D eigenvalue weighted by atomic mass is 32.1. The minimum atomic E-state index is 0.0212. The Kier molecular flexibility index (Phi) is 3.73. The van der Waals surface area contributed by atoms with Gasteiger partial charge in [-0.1, -0.05) is 0 Å². The van der Waals surface area contributed by atoms with Gasteiger partial charge in [0.2, 0.25) is 0 Å². The van der Waals surface area contributed by atoms with Crippen LogP contribution in [0.1, 0.15) is 23.0 Å². The molecule has 0 aliphatic heterocycles. The van der Waals surface area contributed by atoms with E-state index in [4.69, 9.17) is 5.11 Å². The lowest BCUT2D eigenvalue weighted by molar-refractivity contribution is 0.0759. The van der Waals surface area contributed by atoms with Crippen molar-refractivity contribution >= 4 is 43.9 Å². The van der Waals surface area contributed by atoms with Crippen molar-refractivity contribution in [3.8, 4) is 0 Å². The Morgan fingerprint density at radius 1 is 1.55 bits per heavy atom. The molecule has 0 atom stereocenters. The van der Waals surface area contributed by atoms with Crippen molar-refractivity contribution in [2.45, 2.75) is 13.3 Å². The second-order valence-electron chi connectivity index (χ2n) is 4.43. The number of nitrogens with zero attached hydrogens (tertiary/aromatic N) is 3. The molecule has 5 nitrogen and oxygen atoms in total. The number of aliphatic hydroxyl groups excluding tert-OH is 1. The Labute approximate surface area is 124 Å². The fourth-order valence-corrected chi connectivity index (χ4v) is 3.94. The van der Waals surface area contributed by atoms with Gasteiger partial charge < -0.3 is 10.0 Å². The van der Waals surface area contributed by atoms with Crippen LogP contribution in [-0.2, 0) is 0 Å². The fraction of sp³-hybridized carbons (Fsp3) is 0.385. The summed E-state index contributed by atoms with van der Waals surface area (Å²) >= 11 is 3.02. The standard InChI is InChI=1S/C13H15N3O2S2/c1-2-15(4-3-6-17)12(18)10-8-9-11(20-10)14-13-16(9)5-7-19-13/h5,7-8,17H,2-4,6H2,1H3. The molecule has 3 heterocycles. The Morgan fingerprint density at radius 3 is 3.15 bits per heavy atom. The normalized spacial score (nSPS) is 11.5. The highest BCUT2D eigenvalue weighted by molar-refractivity contribution is 7.21. The molecule has 0 saturated carbocycles. The van der Waals surface area contributed by atoms with Crippen LogP contribution in [0.25, 0.3) is 15.3 Å².